The van der Waals surface area contributed by atoms with E-state index < -0.39 is 10.0 Å². The van der Waals surface area contributed by atoms with Gasteiger partial charge in [-0.15, -0.1) is 0 Å². The van der Waals surface area contributed by atoms with Crippen LogP contribution in [0.3, 0.4) is 0 Å². The molecule has 5 heteroatoms. The van der Waals surface area contributed by atoms with Crippen LogP contribution in [0.15, 0.2) is 24.3 Å². The Morgan fingerprint density at radius 2 is 2.15 bits per heavy atom. The van der Waals surface area contributed by atoms with Gasteiger partial charge in [-0.05, 0) is 31.0 Å². The molecular weight excluding hydrogens is 274 g/mol. The first kappa shape index (κ1) is 16.7. The summed E-state index contributed by atoms with van der Waals surface area (Å²) in [5, 5.41) is 8.68. The Bertz CT molecular complexity index is 585. The van der Waals surface area contributed by atoms with E-state index in [1.54, 1.807) is 0 Å². The molecule has 0 aliphatic carbocycles. The molecule has 4 nitrogen and oxygen atoms in total. The average molecular weight is 295 g/mol. The monoisotopic (exact) mass is 295 g/mol. The number of aliphatic hydroxyl groups is 1. The van der Waals surface area contributed by atoms with Crippen LogP contribution in [0.1, 0.15) is 43.9 Å². The smallest absolute Gasteiger partial charge is 0.212 e. The van der Waals surface area contributed by atoms with E-state index in [1.807, 2.05) is 38.1 Å². The second-order valence-electron chi connectivity index (χ2n) is 4.60. The van der Waals surface area contributed by atoms with Crippen molar-refractivity contribution in [2.24, 2.45) is 0 Å². The minimum Gasteiger partial charge on any atom is -0.384 e. The van der Waals surface area contributed by atoms with E-state index in [-0.39, 0.29) is 18.4 Å². The van der Waals surface area contributed by atoms with Gasteiger partial charge in [0.1, 0.15) is 6.61 Å². The van der Waals surface area contributed by atoms with Crippen LogP contribution < -0.4 is 4.72 Å². The third kappa shape index (κ3) is 5.74. The molecule has 0 aliphatic heterocycles. The number of aliphatic hydroxyl groups excluding tert-OH is 1. The van der Waals surface area contributed by atoms with E-state index in [1.165, 1.54) is 0 Å². The lowest BCUT2D eigenvalue weighted by Gasteiger charge is -2.14. The molecule has 0 saturated carbocycles. The van der Waals surface area contributed by atoms with Crippen LogP contribution in [0.5, 0.6) is 0 Å². The Labute approximate surface area is 121 Å². The van der Waals surface area contributed by atoms with E-state index in [4.69, 9.17) is 5.11 Å². The molecular formula is C15H21NO3S. The zero-order valence-electron chi connectivity index (χ0n) is 11.9. The Kier molecular flexibility index (Phi) is 6.73. The fourth-order valence-electron chi connectivity index (χ4n) is 1.76. The molecule has 0 heterocycles. The van der Waals surface area contributed by atoms with E-state index in [0.717, 1.165) is 17.5 Å². The summed E-state index contributed by atoms with van der Waals surface area (Å²) in [6.45, 7) is 3.58. The van der Waals surface area contributed by atoms with E-state index >= 15 is 0 Å². The van der Waals surface area contributed by atoms with Gasteiger partial charge in [0.05, 0.1) is 5.75 Å². The number of hydrogen-bond donors (Lipinski definition) is 2. The molecule has 1 unspecified atom stereocenters. The van der Waals surface area contributed by atoms with Gasteiger partial charge >= 0.3 is 0 Å². The van der Waals surface area contributed by atoms with Crippen molar-refractivity contribution in [1.29, 1.82) is 0 Å². The molecule has 1 aromatic carbocycles. The van der Waals surface area contributed by atoms with Gasteiger partial charge < -0.3 is 5.11 Å². The summed E-state index contributed by atoms with van der Waals surface area (Å²) in [6, 6.07) is 7.04. The van der Waals surface area contributed by atoms with E-state index in [2.05, 4.69) is 16.6 Å². The van der Waals surface area contributed by atoms with Crippen LogP contribution in [-0.4, -0.2) is 25.9 Å². The highest BCUT2D eigenvalue weighted by Crippen LogP contribution is 2.15. The van der Waals surface area contributed by atoms with Crippen LogP contribution in [0, 0.1) is 11.8 Å². The van der Waals surface area contributed by atoms with E-state index in [0.29, 0.717) is 6.42 Å². The highest BCUT2D eigenvalue weighted by molar-refractivity contribution is 7.89. The third-order valence-corrected chi connectivity index (χ3v) is 4.36. The Morgan fingerprint density at radius 1 is 1.40 bits per heavy atom. The van der Waals surface area contributed by atoms with Gasteiger partial charge in [0.15, 0.2) is 0 Å². The summed E-state index contributed by atoms with van der Waals surface area (Å²) < 4.78 is 26.4. The van der Waals surface area contributed by atoms with Gasteiger partial charge in [-0.2, -0.15) is 0 Å². The van der Waals surface area contributed by atoms with Crippen molar-refractivity contribution in [2.75, 3.05) is 12.4 Å². The maximum atomic E-state index is 11.9. The number of hydrogen-bond acceptors (Lipinski definition) is 3. The van der Waals surface area contributed by atoms with Crippen molar-refractivity contribution in [3.63, 3.8) is 0 Å². The van der Waals surface area contributed by atoms with Crippen molar-refractivity contribution >= 4 is 10.0 Å². The predicted molar refractivity (Wildman–Crippen MR) is 80.7 cm³/mol. The van der Waals surface area contributed by atoms with Crippen molar-refractivity contribution in [3.05, 3.63) is 35.4 Å². The number of nitrogens with one attached hydrogen (secondary N) is 1. The highest BCUT2D eigenvalue weighted by atomic mass is 32.2. The van der Waals surface area contributed by atoms with Gasteiger partial charge in [0.2, 0.25) is 10.0 Å². The molecule has 0 radical (unpaired) electrons. The van der Waals surface area contributed by atoms with Gasteiger partial charge in [0, 0.05) is 11.6 Å². The lowest BCUT2D eigenvalue weighted by Crippen LogP contribution is -2.29. The first-order valence-electron chi connectivity index (χ1n) is 6.68. The minimum atomic E-state index is -3.25. The largest absolute Gasteiger partial charge is 0.384 e. The fourth-order valence-corrected chi connectivity index (χ4v) is 3.22. The maximum absolute atomic E-state index is 11.9. The molecule has 0 amide bonds. The predicted octanol–water partition coefficient (Wildman–Crippen LogP) is 1.81. The Hall–Kier alpha value is -1.35. The Balaban J connectivity index is 2.79. The summed E-state index contributed by atoms with van der Waals surface area (Å²) in [7, 11) is -3.25. The normalized spacial score (nSPS) is 12.6. The molecule has 0 saturated heterocycles. The summed E-state index contributed by atoms with van der Waals surface area (Å²) in [6.07, 6.45) is 1.51. The van der Waals surface area contributed by atoms with Crippen molar-refractivity contribution in [2.45, 2.75) is 32.7 Å². The second-order valence-corrected chi connectivity index (χ2v) is 6.47. The lowest BCUT2D eigenvalue weighted by atomic mass is 10.1. The molecule has 2 N–H and O–H groups in total. The van der Waals surface area contributed by atoms with Crippen LogP contribution in [0.4, 0.5) is 0 Å². The van der Waals surface area contributed by atoms with Gasteiger partial charge in [-0.1, -0.05) is 37.3 Å². The number of sulfonamides is 1. The van der Waals surface area contributed by atoms with Crippen molar-refractivity contribution in [3.8, 4) is 11.8 Å². The third-order valence-electron chi connectivity index (χ3n) is 2.82. The van der Waals surface area contributed by atoms with Crippen LogP contribution in [0.2, 0.25) is 0 Å². The topological polar surface area (TPSA) is 66.4 Å². The molecule has 1 aromatic rings. The zero-order valence-corrected chi connectivity index (χ0v) is 12.7. The minimum absolute atomic E-state index is 0.151. The van der Waals surface area contributed by atoms with Crippen LogP contribution >= 0.6 is 0 Å². The molecule has 1 rings (SSSR count). The van der Waals surface area contributed by atoms with Crippen molar-refractivity contribution in [1.82, 2.24) is 4.72 Å². The lowest BCUT2D eigenvalue weighted by molar-refractivity contribution is 0.350. The van der Waals surface area contributed by atoms with Gasteiger partial charge in [-0.25, -0.2) is 13.1 Å². The van der Waals surface area contributed by atoms with Crippen LogP contribution in [0.25, 0.3) is 0 Å². The summed E-state index contributed by atoms with van der Waals surface area (Å²) >= 11 is 0. The summed E-state index contributed by atoms with van der Waals surface area (Å²) in [5.74, 6) is 5.53. The van der Waals surface area contributed by atoms with Crippen molar-refractivity contribution < 1.29 is 13.5 Å². The number of benzene rings is 1. The molecule has 0 aliphatic rings. The molecule has 1 atom stereocenters. The summed E-state index contributed by atoms with van der Waals surface area (Å²) in [5.41, 5.74) is 1.62. The Morgan fingerprint density at radius 3 is 2.80 bits per heavy atom. The molecule has 0 fully saturated rings. The first-order chi connectivity index (χ1) is 9.48. The van der Waals surface area contributed by atoms with Gasteiger partial charge in [-0.3, -0.25) is 0 Å². The highest BCUT2D eigenvalue weighted by Gasteiger charge is 2.15. The van der Waals surface area contributed by atoms with Gasteiger partial charge in [0.25, 0.3) is 0 Å². The summed E-state index contributed by atoms with van der Waals surface area (Å²) in [4.78, 5) is 0. The molecule has 0 spiro atoms. The maximum Gasteiger partial charge on any atom is 0.212 e. The van der Waals surface area contributed by atoms with E-state index in [9.17, 15) is 8.42 Å². The average Bonchev–Trinajstić information content (AvgIpc) is 2.43. The zero-order chi connectivity index (χ0) is 15.0. The number of unbranched alkanes of at least 4 members (excludes halogenated alkanes) is 1. The number of rotatable bonds is 6. The standard InChI is InChI=1S/C15H21NO3S/c1-3-4-11-20(18,19)16-13(2)15-9-5-7-14(12-15)8-6-10-17/h5,7,9,12-13,16-17H,3-4,10-11H2,1-2H3. The van der Waals surface area contributed by atoms with Crippen LogP contribution in [-0.2, 0) is 10.0 Å². The molecule has 20 heavy (non-hydrogen) atoms. The fraction of sp³-hybridized carbons (Fsp3) is 0.467. The molecule has 110 valence electrons. The SMILES string of the molecule is CCCCS(=O)(=O)NC(C)c1cccc(C#CCO)c1. The molecule has 0 aromatic heterocycles. The quantitative estimate of drug-likeness (QED) is 0.787. The molecule has 0 bridgehead atoms. The first-order valence-corrected chi connectivity index (χ1v) is 8.33. The second kappa shape index (κ2) is 8.05.